The van der Waals surface area contributed by atoms with Gasteiger partial charge in [0.15, 0.2) is 11.5 Å². The topological polar surface area (TPSA) is 77.1 Å². The molecule has 34 heavy (non-hydrogen) atoms. The highest BCUT2D eigenvalue weighted by atomic mass is 16.5. The molecule has 0 bridgehead atoms. The summed E-state index contributed by atoms with van der Waals surface area (Å²) in [7, 11) is 4.61. The number of hydrogen-bond acceptors (Lipinski definition) is 5. The molecule has 7 nitrogen and oxygen atoms in total. The first kappa shape index (κ1) is 23.2. The molecular formula is C27H28N2O5. The van der Waals surface area contributed by atoms with E-state index in [1.165, 1.54) is 21.3 Å². The number of nitrogens with zero attached hydrogens (tertiary/aromatic N) is 1. The number of nitrogens with one attached hydrogen (secondary N) is 1. The van der Waals surface area contributed by atoms with Gasteiger partial charge in [-0.1, -0.05) is 35.9 Å². The zero-order valence-electron chi connectivity index (χ0n) is 19.8. The summed E-state index contributed by atoms with van der Waals surface area (Å²) in [5.74, 6) is 1.06. The summed E-state index contributed by atoms with van der Waals surface area (Å²) in [5, 5.41) is 2.94. The quantitative estimate of drug-likeness (QED) is 0.525. The molecule has 1 N–H and O–H groups in total. The van der Waals surface area contributed by atoms with Gasteiger partial charge in [0.25, 0.3) is 5.91 Å². The molecule has 0 saturated carbocycles. The fraction of sp³-hybridized carbons (Fsp3) is 0.259. The smallest absolute Gasteiger partial charge is 0.255 e. The lowest BCUT2D eigenvalue weighted by Gasteiger charge is -2.29. The van der Waals surface area contributed by atoms with Crippen molar-refractivity contribution in [2.45, 2.75) is 25.9 Å². The predicted octanol–water partition coefficient (Wildman–Crippen LogP) is 4.75. The van der Waals surface area contributed by atoms with E-state index in [0.717, 1.165) is 16.7 Å². The Balaban J connectivity index is 1.71. The molecule has 1 heterocycles. The number of fused-ring (bicyclic) bond motifs is 1. The Bertz CT molecular complexity index is 1180. The predicted molar refractivity (Wildman–Crippen MR) is 130 cm³/mol. The molecular weight excluding hydrogens is 432 g/mol. The summed E-state index contributed by atoms with van der Waals surface area (Å²) >= 11 is 0. The minimum Gasteiger partial charge on any atom is -0.493 e. The second-order valence-corrected chi connectivity index (χ2v) is 8.18. The molecule has 1 aliphatic heterocycles. The number of hydrogen-bond donors (Lipinski definition) is 1. The molecule has 1 aliphatic rings. The average Bonchev–Trinajstić information content (AvgIpc) is 3.19. The van der Waals surface area contributed by atoms with Crippen molar-refractivity contribution in [2.75, 3.05) is 26.6 Å². The summed E-state index contributed by atoms with van der Waals surface area (Å²) in [6, 6.07) is 18.1. The lowest BCUT2D eigenvalue weighted by atomic mass is 10.00. The van der Waals surface area contributed by atoms with Crippen LogP contribution >= 0.6 is 0 Å². The van der Waals surface area contributed by atoms with E-state index in [1.54, 1.807) is 17.0 Å². The molecule has 0 spiro atoms. The van der Waals surface area contributed by atoms with Gasteiger partial charge >= 0.3 is 0 Å². The highest BCUT2D eigenvalue weighted by Gasteiger charge is 2.35. The first-order chi connectivity index (χ1) is 16.4. The van der Waals surface area contributed by atoms with Crippen LogP contribution in [0.25, 0.3) is 0 Å². The largest absolute Gasteiger partial charge is 0.493 e. The first-order valence-corrected chi connectivity index (χ1v) is 11.0. The van der Waals surface area contributed by atoms with E-state index < -0.39 is 6.04 Å². The van der Waals surface area contributed by atoms with Gasteiger partial charge in [0, 0.05) is 17.8 Å². The normalized spacial score (nSPS) is 13.3. The Morgan fingerprint density at radius 2 is 1.62 bits per heavy atom. The highest BCUT2D eigenvalue weighted by Crippen LogP contribution is 2.43. The van der Waals surface area contributed by atoms with Crippen LogP contribution in [0.4, 0.5) is 5.69 Å². The number of carbonyl (C=O) groups excluding carboxylic acids is 2. The van der Waals surface area contributed by atoms with E-state index >= 15 is 0 Å². The maximum Gasteiger partial charge on any atom is 0.255 e. The van der Waals surface area contributed by atoms with Crippen LogP contribution in [0.15, 0.2) is 60.7 Å². The Hall–Kier alpha value is -4.00. The van der Waals surface area contributed by atoms with Crippen molar-refractivity contribution in [1.82, 2.24) is 4.90 Å². The van der Waals surface area contributed by atoms with Gasteiger partial charge in [-0.3, -0.25) is 9.59 Å². The van der Waals surface area contributed by atoms with E-state index in [9.17, 15) is 9.59 Å². The van der Waals surface area contributed by atoms with Crippen molar-refractivity contribution in [3.63, 3.8) is 0 Å². The molecule has 0 radical (unpaired) electrons. The van der Waals surface area contributed by atoms with Crippen LogP contribution in [0.2, 0.25) is 0 Å². The number of benzene rings is 3. The van der Waals surface area contributed by atoms with Gasteiger partial charge < -0.3 is 24.4 Å². The third-order valence-corrected chi connectivity index (χ3v) is 6.01. The molecule has 2 amide bonds. The summed E-state index contributed by atoms with van der Waals surface area (Å²) in [4.78, 5) is 28.2. The number of ether oxygens (including phenoxy) is 3. The molecule has 0 saturated heterocycles. The van der Waals surface area contributed by atoms with Gasteiger partial charge in [-0.15, -0.1) is 0 Å². The van der Waals surface area contributed by atoms with Gasteiger partial charge in [-0.05, 0) is 48.4 Å². The standard InChI is InChI=1S/C27H28N2O5/c1-17-9-11-20(12-10-17)28-25(30)15-22(29-16-18-7-5-6-8-21(18)27(29)31)19-13-23(32-2)26(34-4)24(14-19)33-3/h5-14,22H,15-16H2,1-4H3,(H,28,30)/t22-/m0/s1. The SMILES string of the molecule is COc1cc([C@H](CC(=O)Nc2ccc(C)cc2)N2Cc3ccccc3C2=O)cc(OC)c1OC. The minimum atomic E-state index is -0.543. The van der Waals surface area contributed by atoms with Crippen LogP contribution in [0.1, 0.15) is 39.5 Å². The molecule has 0 aliphatic carbocycles. The maximum atomic E-state index is 13.3. The average molecular weight is 461 g/mol. The Morgan fingerprint density at radius 3 is 2.21 bits per heavy atom. The van der Waals surface area contributed by atoms with Crippen molar-refractivity contribution in [3.8, 4) is 17.2 Å². The molecule has 176 valence electrons. The lowest BCUT2D eigenvalue weighted by molar-refractivity contribution is -0.117. The number of methoxy groups -OCH3 is 3. The Morgan fingerprint density at radius 1 is 0.971 bits per heavy atom. The highest BCUT2D eigenvalue weighted by molar-refractivity contribution is 5.99. The first-order valence-electron chi connectivity index (χ1n) is 11.0. The Kier molecular flexibility index (Phi) is 6.72. The number of aryl methyl sites for hydroxylation is 1. The zero-order chi connectivity index (χ0) is 24.2. The van der Waals surface area contributed by atoms with E-state index in [-0.39, 0.29) is 18.2 Å². The van der Waals surface area contributed by atoms with Crippen molar-refractivity contribution in [2.24, 2.45) is 0 Å². The maximum absolute atomic E-state index is 13.3. The van der Waals surface area contributed by atoms with Crippen LogP contribution in [0.3, 0.4) is 0 Å². The van der Waals surface area contributed by atoms with Crippen LogP contribution in [0, 0.1) is 6.92 Å². The zero-order valence-corrected chi connectivity index (χ0v) is 19.8. The molecule has 0 fully saturated rings. The molecule has 3 aromatic carbocycles. The summed E-state index contributed by atoms with van der Waals surface area (Å²) < 4.78 is 16.5. The van der Waals surface area contributed by atoms with Crippen LogP contribution < -0.4 is 19.5 Å². The van der Waals surface area contributed by atoms with Gasteiger partial charge in [0.2, 0.25) is 11.7 Å². The number of amides is 2. The third-order valence-electron chi connectivity index (χ3n) is 6.01. The van der Waals surface area contributed by atoms with E-state index in [1.807, 2.05) is 55.5 Å². The number of rotatable bonds is 8. The van der Waals surface area contributed by atoms with Crippen molar-refractivity contribution in [1.29, 1.82) is 0 Å². The molecule has 0 aromatic heterocycles. The van der Waals surface area contributed by atoms with E-state index in [4.69, 9.17) is 14.2 Å². The second-order valence-electron chi connectivity index (χ2n) is 8.18. The second kappa shape index (κ2) is 9.87. The summed E-state index contributed by atoms with van der Waals surface area (Å²) in [6.07, 6.45) is 0.0617. The minimum absolute atomic E-state index is 0.0617. The van der Waals surface area contributed by atoms with Crippen molar-refractivity contribution >= 4 is 17.5 Å². The summed E-state index contributed by atoms with van der Waals surface area (Å²) in [6.45, 7) is 2.40. The number of anilines is 1. The monoisotopic (exact) mass is 460 g/mol. The lowest BCUT2D eigenvalue weighted by Crippen LogP contribution is -2.32. The fourth-order valence-corrected chi connectivity index (χ4v) is 4.25. The summed E-state index contributed by atoms with van der Waals surface area (Å²) in [5.41, 5.74) is 4.11. The molecule has 4 rings (SSSR count). The molecule has 7 heteroatoms. The number of carbonyl (C=O) groups is 2. The molecule has 3 aromatic rings. The Labute approximate surface area is 199 Å². The van der Waals surface area contributed by atoms with E-state index in [2.05, 4.69) is 5.32 Å². The fourth-order valence-electron chi connectivity index (χ4n) is 4.25. The van der Waals surface area contributed by atoms with Gasteiger partial charge in [0.1, 0.15) is 0 Å². The van der Waals surface area contributed by atoms with Crippen LogP contribution in [-0.4, -0.2) is 38.0 Å². The van der Waals surface area contributed by atoms with E-state index in [0.29, 0.717) is 35.0 Å². The van der Waals surface area contributed by atoms with Gasteiger partial charge in [-0.25, -0.2) is 0 Å². The van der Waals surface area contributed by atoms with Crippen LogP contribution in [-0.2, 0) is 11.3 Å². The van der Waals surface area contributed by atoms with Gasteiger partial charge in [-0.2, -0.15) is 0 Å². The van der Waals surface area contributed by atoms with Gasteiger partial charge in [0.05, 0.1) is 33.8 Å². The van der Waals surface area contributed by atoms with Crippen LogP contribution in [0.5, 0.6) is 17.2 Å². The molecule has 0 unspecified atom stereocenters. The molecule has 1 atom stereocenters. The van der Waals surface area contributed by atoms with Crippen molar-refractivity contribution in [3.05, 3.63) is 82.9 Å². The third kappa shape index (κ3) is 4.55. The van der Waals surface area contributed by atoms with Crippen molar-refractivity contribution < 1.29 is 23.8 Å².